The van der Waals surface area contributed by atoms with E-state index < -0.39 is 0 Å². The average molecular weight is 296 g/mol. The van der Waals surface area contributed by atoms with Crippen molar-refractivity contribution in [2.24, 2.45) is 11.8 Å². The van der Waals surface area contributed by atoms with Gasteiger partial charge in [0, 0.05) is 25.2 Å². The molecule has 2 aliphatic rings. The Labute approximate surface area is 132 Å². The van der Waals surface area contributed by atoms with Crippen LogP contribution in [0.1, 0.15) is 53.4 Å². The van der Waals surface area contributed by atoms with E-state index in [4.69, 9.17) is 4.74 Å². The van der Waals surface area contributed by atoms with Crippen molar-refractivity contribution in [3.63, 3.8) is 0 Å². The monoisotopic (exact) mass is 296 g/mol. The molecule has 4 atom stereocenters. The summed E-state index contributed by atoms with van der Waals surface area (Å²) in [4.78, 5) is 5.20. The third kappa shape index (κ3) is 5.54. The summed E-state index contributed by atoms with van der Waals surface area (Å²) >= 11 is 0. The molecule has 0 aromatic heterocycles. The minimum Gasteiger partial charge on any atom is -0.379 e. The van der Waals surface area contributed by atoms with Gasteiger partial charge in [0.2, 0.25) is 0 Å². The molecule has 0 radical (unpaired) electrons. The van der Waals surface area contributed by atoms with Crippen LogP contribution in [0.15, 0.2) is 0 Å². The molecule has 0 aromatic rings. The van der Waals surface area contributed by atoms with E-state index in [1.165, 1.54) is 38.8 Å². The van der Waals surface area contributed by atoms with Gasteiger partial charge in [0.1, 0.15) is 0 Å². The van der Waals surface area contributed by atoms with Gasteiger partial charge in [-0.05, 0) is 64.5 Å². The minimum absolute atomic E-state index is 0.737. The van der Waals surface area contributed by atoms with E-state index in [1.54, 1.807) is 0 Å². The highest BCUT2D eigenvalue weighted by molar-refractivity contribution is 4.77. The van der Waals surface area contributed by atoms with Crippen molar-refractivity contribution >= 4 is 0 Å². The van der Waals surface area contributed by atoms with Gasteiger partial charge >= 0.3 is 0 Å². The molecule has 4 unspecified atom stereocenters. The largest absolute Gasteiger partial charge is 0.379 e. The normalized spacial score (nSPS) is 36.0. The summed E-state index contributed by atoms with van der Waals surface area (Å²) in [5, 5.41) is 0. The van der Waals surface area contributed by atoms with Crippen LogP contribution in [0, 0.1) is 11.8 Å². The molecule has 2 heterocycles. The Hall–Kier alpha value is -0.120. The molecule has 2 fully saturated rings. The Kier molecular flexibility index (Phi) is 6.97. The van der Waals surface area contributed by atoms with E-state index in [0.29, 0.717) is 0 Å². The number of nitrogens with zero attached hydrogens (tertiary/aromatic N) is 2. The number of likely N-dealkylation sites (tertiary alicyclic amines) is 2. The van der Waals surface area contributed by atoms with Crippen LogP contribution in [0.5, 0.6) is 0 Å². The molecular weight excluding hydrogens is 260 g/mol. The van der Waals surface area contributed by atoms with Gasteiger partial charge < -0.3 is 4.74 Å². The second kappa shape index (κ2) is 8.50. The lowest BCUT2D eigenvalue weighted by Gasteiger charge is -2.37. The molecule has 2 aliphatic heterocycles. The predicted octanol–water partition coefficient (Wildman–Crippen LogP) is 3.24. The maximum atomic E-state index is 5.91. The van der Waals surface area contributed by atoms with E-state index in [-0.39, 0.29) is 0 Å². The first-order valence-corrected chi connectivity index (χ1v) is 9.12. The second-order valence-corrected chi connectivity index (χ2v) is 7.64. The molecule has 0 saturated carbocycles. The number of hydrogen-bond donors (Lipinski definition) is 0. The molecule has 0 spiro atoms. The highest BCUT2D eigenvalue weighted by Crippen LogP contribution is 2.22. The van der Waals surface area contributed by atoms with Crippen LogP contribution in [0.25, 0.3) is 0 Å². The summed E-state index contributed by atoms with van der Waals surface area (Å²) in [6.07, 6.45) is 5.41. The zero-order chi connectivity index (χ0) is 15.2. The zero-order valence-electron chi connectivity index (χ0n) is 14.7. The molecular formula is C18H36N2O. The van der Waals surface area contributed by atoms with Gasteiger partial charge in [-0.1, -0.05) is 13.8 Å². The van der Waals surface area contributed by atoms with E-state index >= 15 is 0 Å². The lowest BCUT2D eigenvalue weighted by atomic mass is 9.93. The van der Waals surface area contributed by atoms with Crippen LogP contribution in [0.3, 0.4) is 0 Å². The molecule has 2 saturated heterocycles. The van der Waals surface area contributed by atoms with E-state index in [0.717, 1.165) is 50.2 Å². The van der Waals surface area contributed by atoms with Gasteiger partial charge in [-0.25, -0.2) is 0 Å². The summed E-state index contributed by atoms with van der Waals surface area (Å²) in [5.74, 6) is 1.81. The topological polar surface area (TPSA) is 15.7 Å². The molecule has 0 N–H and O–H groups in total. The third-order valence-corrected chi connectivity index (χ3v) is 5.60. The smallest absolute Gasteiger partial charge is 0.0594 e. The number of piperidine rings is 2. The van der Waals surface area contributed by atoms with Crippen LogP contribution in [-0.4, -0.2) is 61.3 Å². The number of rotatable bonds is 6. The molecule has 0 aromatic carbocycles. The summed E-state index contributed by atoms with van der Waals surface area (Å²) in [7, 11) is 0. The van der Waals surface area contributed by atoms with Gasteiger partial charge in [0.25, 0.3) is 0 Å². The average Bonchev–Trinajstić information content (AvgIpc) is 2.42. The molecule has 21 heavy (non-hydrogen) atoms. The van der Waals surface area contributed by atoms with Crippen molar-refractivity contribution in [3.05, 3.63) is 0 Å². The summed E-state index contributed by atoms with van der Waals surface area (Å²) in [6, 6.07) is 1.47. The van der Waals surface area contributed by atoms with Crippen LogP contribution in [0.4, 0.5) is 0 Å². The molecule has 3 nitrogen and oxygen atoms in total. The van der Waals surface area contributed by atoms with Crippen molar-refractivity contribution < 1.29 is 4.74 Å². The van der Waals surface area contributed by atoms with Gasteiger partial charge in [-0.15, -0.1) is 0 Å². The number of hydrogen-bond acceptors (Lipinski definition) is 3. The second-order valence-electron chi connectivity index (χ2n) is 7.64. The Bertz CT molecular complexity index is 269. The van der Waals surface area contributed by atoms with Crippen molar-refractivity contribution in [3.8, 4) is 0 Å². The molecule has 0 bridgehead atoms. The maximum Gasteiger partial charge on any atom is 0.0594 e. The lowest BCUT2D eigenvalue weighted by molar-refractivity contribution is 0.0406. The van der Waals surface area contributed by atoms with Gasteiger partial charge in [-0.3, -0.25) is 9.80 Å². The number of ether oxygens (including phenoxy) is 1. The van der Waals surface area contributed by atoms with Gasteiger partial charge in [0.05, 0.1) is 13.2 Å². The first kappa shape index (κ1) is 17.2. The van der Waals surface area contributed by atoms with Crippen molar-refractivity contribution in [1.29, 1.82) is 0 Å². The maximum absolute atomic E-state index is 5.91. The van der Waals surface area contributed by atoms with Crippen LogP contribution < -0.4 is 0 Å². The lowest BCUT2D eigenvalue weighted by Crippen LogP contribution is -2.43. The molecule has 0 amide bonds. The summed E-state index contributed by atoms with van der Waals surface area (Å²) < 4.78 is 5.91. The Morgan fingerprint density at radius 2 is 1.19 bits per heavy atom. The highest BCUT2D eigenvalue weighted by atomic mass is 16.5. The van der Waals surface area contributed by atoms with E-state index in [9.17, 15) is 0 Å². The molecule has 2 rings (SSSR count). The zero-order valence-corrected chi connectivity index (χ0v) is 14.7. The molecule has 3 heteroatoms. The van der Waals surface area contributed by atoms with Crippen molar-refractivity contribution in [2.75, 3.05) is 39.4 Å². The Morgan fingerprint density at radius 3 is 1.57 bits per heavy atom. The third-order valence-electron chi connectivity index (χ3n) is 5.60. The van der Waals surface area contributed by atoms with Crippen LogP contribution in [0.2, 0.25) is 0 Å². The minimum atomic E-state index is 0.737. The standard InChI is InChI=1S/C18H36N2O/c1-15-5-7-19(17(3)13-15)9-11-21-12-10-20-8-6-16(2)14-18(20)4/h15-18H,5-14H2,1-4H3. The van der Waals surface area contributed by atoms with Gasteiger partial charge in [-0.2, -0.15) is 0 Å². The highest BCUT2D eigenvalue weighted by Gasteiger charge is 2.23. The predicted molar refractivity (Wildman–Crippen MR) is 89.7 cm³/mol. The molecule has 124 valence electrons. The summed E-state index contributed by atoms with van der Waals surface area (Å²) in [5.41, 5.74) is 0. The quantitative estimate of drug-likeness (QED) is 0.700. The fourth-order valence-electron chi connectivity index (χ4n) is 4.04. The van der Waals surface area contributed by atoms with Crippen LogP contribution >= 0.6 is 0 Å². The first-order valence-electron chi connectivity index (χ1n) is 9.12. The van der Waals surface area contributed by atoms with Gasteiger partial charge in [0.15, 0.2) is 0 Å². The first-order chi connectivity index (χ1) is 10.1. The Morgan fingerprint density at radius 1 is 0.762 bits per heavy atom. The van der Waals surface area contributed by atoms with E-state index in [1.807, 2.05) is 0 Å². The van der Waals surface area contributed by atoms with Crippen molar-refractivity contribution in [1.82, 2.24) is 9.80 Å². The van der Waals surface area contributed by atoms with E-state index in [2.05, 4.69) is 37.5 Å². The molecule has 0 aliphatic carbocycles. The fraction of sp³-hybridized carbons (Fsp3) is 1.00. The van der Waals surface area contributed by atoms with Crippen LogP contribution in [-0.2, 0) is 4.74 Å². The SMILES string of the molecule is CC1CCN(CCOCCN2CCC(C)CC2C)C(C)C1. The fourth-order valence-corrected chi connectivity index (χ4v) is 4.04. The Balaban J connectivity index is 1.54. The van der Waals surface area contributed by atoms with Crippen molar-refractivity contribution in [2.45, 2.75) is 65.5 Å². The summed E-state index contributed by atoms with van der Waals surface area (Å²) in [6.45, 7) is 16.0.